The van der Waals surface area contributed by atoms with Gasteiger partial charge in [-0.2, -0.15) is 0 Å². The second-order valence-electron chi connectivity index (χ2n) is 9.05. The number of ether oxygens (including phenoxy) is 3. The molecule has 0 radical (unpaired) electrons. The highest BCUT2D eigenvalue weighted by Crippen LogP contribution is 2.49. The Hall–Kier alpha value is -2.96. The average Bonchev–Trinajstić information content (AvgIpc) is 2.63. The first kappa shape index (κ1) is 21.7. The van der Waals surface area contributed by atoms with Crippen LogP contribution in [0.2, 0.25) is 0 Å². The summed E-state index contributed by atoms with van der Waals surface area (Å²) in [5.41, 5.74) is -0.293. The Bertz CT molecular complexity index is 974. The van der Waals surface area contributed by atoms with Gasteiger partial charge in [0.1, 0.15) is 17.0 Å². The van der Waals surface area contributed by atoms with Crippen LogP contribution in [0.25, 0.3) is 10.8 Å². The molecule has 0 saturated heterocycles. The summed E-state index contributed by atoms with van der Waals surface area (Å²) in [6, 6.07) is 7.32. The first-order chi connectivity index (χ1) is 14.0. The van der Waals surface area contributed by atoms with Crippen molar-refractivity contribution >= 4 is 22.8 Å². The largest absolute Gasteiger partial charge is 0.504 e. The van der Waals surface area contributed by atoms with E-state index in [1.807, 2.05) is 26.0 Å². The third kappa shape index (κ3) is 4.96. The van der Waals surface area contributed by atoms with Crippen LogP contribution in [0.5, 0.6) is 17.2 Å². The highest BCUT2D eigenvalue weighted by molar-refractivity contribution is 5.98. The van der Waals surface area contributed by atoms with Gasteiger partial charge in [0.2, 0.25) is 0 Å². The Morgan fingerprint density at radius 2 is 1.87 bits per heavy atom. The number of esters is 1. The van der Waals surface area contributed by atoms with E-state index < -0.39 is 17.7 Å². The zero-order valence-electron chi connectivity index (χ0n) is 18.1. The van der Waals surface area contributed by atoms with Gasteiger partial charge in [-0.25, -0.2) is 4.79 Å². The molecule has 0 aromatic heterocycles. The lowest BCUT2D eigenvalue weighted by Gasteiger charge is -2.34. The molecule has 0 atom stereocenters. The number of benzene rings is 2. The van der Waals surface area contributed by atoms with Crippen LogP contribution in [-0.2, 0) is 16.0 Å². The molecule has 162 valence electrons. The minimum Gasteiger partial charge on any atom is -0.504 e. The fourth-order valence-electron chi connectivity index (χ4n) is 3.37. The Morgan fingerprint density at radius 1 is 1.20 bits per heavy atom. The van der Waals surface area contributed by atoms with E-state index >= 15 is 0 Å². The summed E-state index contributed by atoms with van der Waals surface area (Å²) in [4.78, 5) is 24.1. The molecule has 2 aromatic rings. The highest BCUT2D eigenvalue weighted by Gasteiger charge is 2.33. The van der Waals surface area contributed by atoms with Gasteiger partial charge >= 0.3 is 12.1 Å². The third-order valence-corrected chi connectivity index (χ3v) is 4.76. The number of hydrogen-bond acceptors (Lipinski definition) is 6. The molecular formula is C23H29NO6. The minimum atomic E-state index is -0.617. The van der Waals surface area contributed by atoms with Crippen molar-refractivity contribution in [1.29, 1.82) is 0 Å². The number of carbonyl (C=O) groups excluding carboxylic acids is 2. The molecule has 0 fully saturated rings. The number of carbonyl (C=O) groups is 2. The van der Waals surface area contributed by atoms with Crippen molar-refractivity contribution in [3.8, 4) is 17.2 Å². The maximum absolute atomic E-state index is 12.4. The van der Waals surface area contributed by atoms with E-state index in [1.54, 1.807) is 32.9 Å². The van der Waals surface area contributed by atoms with Crippen LogP contribution in [0.4, 0.5) is 4.79 Å². The van der Waals surface area contributed by atoms with E-state index in [1.165, 1.54) is 0 Å². The molecule has 0 saturated carbocycles. The molecule has 0 spiro atoms. The van der Waals surface area contributed by atoms with Gasteiger partial charge in [-0.3, -0.25) is 4.79 Å². The molecule has 0 aliphatic carbocycles. The van der Waals surface area contributed by atoms with Crippen molar-refractivity contribution in [3.63, 3.8) is 0 Å². The maximum atomic E-state index is 12.4. The van der Waals surface area contributed by atoms with Crippen molar-refractivity contribution in [3.05, 3.63) is 29.8 Å². The molecule has 7 heteroatoms. The summed E-state index contributed by atoms with van der Waals surface area (Å²) in [7, 11) is 0. The van der Waals surface area contributed by atoms with E-state index in [0.29, 0.717) is 23.1 Å². The van der Waals surface area contributed by atoms with Gasteiger partial charge < -0.3 is 24.6 Å². The first-order valence-corrected chi connectivity index (χ1v) is 10.1. The Kier molecular flexibility index (Phi) is 5.83. The van der Waals surface area contributed by atoms with E-state index in [2.05, 4.69) is 5.32 Å². The smallest absolute Gasteiger partial charge is 0.407 e. The monoisotopic (exact) mass is 415 g/mol. The predicted molar refractivity (Wildman–Crippen MR) is 113 cm³/mol. The number of amides is 1. The summed E-state index contributed by atoms with van der Waals surface area (Å²) in [6.07, 6.45) is 0.672. The Balaban J connectivity index is 1.79. The van der Waals surface area contributed by atoms with Gasteiger partial charge in [0.05, 0.1) is 6.42 Å². The van der Waals surface area contributed by atoms with Gasteiger partial charge in [-0.05, 0) is 47.5 Å². The van der Waals surface area contributed by atoms with Crippen molar-refractivity contribution in [1.82, 2.24) is 5.32 Å². The molecule has 0 unspecified atom stereocenters. The first-order valence-electron chi connectivity index (χ1n) is 10.1. The van der Waals surface area contributed by atoms with Crippen LogP contribution < -0.4 is 14.8 Å². The molecule has 1 amide bonds. The minimum absolute atomic E-state index is 0.0629. The molecule has 2 aromatic carbocycles. The molecule has 1 aliphatic rings. The van der Waals surface area contributed by atoms with E-state index in [4.69, 9.17) is 14.2 Å². The SMILES string of the molecule is CC(C)(C)OC(=O)NCCC(=O)Oc1c2c(c3ccccc3c1O)OC(C)(C)CC2. The number of nitrogens with one attached hydrogen (secondary N) is 1. The number of fused-ring (bicyclic) bond motifs is 3. The van der Waals surface area contributed by atoms with Gasteiger partial charge in [-0.1, -0.05) is 24.3 Å². The molecule has 7 nitrogen and oxygen atoms in total. The number of hydrogen-bond donors (Lipinski definition) is 2. The lowest BCUT2D eigenvalue weighted by Crippen LogP contribution is -2.34. The van der Waals surface area contributed by atoms with Crippen LogP contribution in [0.1, 0.15) is 53.0 Å². The van der Waals surface area contributed by atoms with Crippen LogP contribution >= 0.6 is 0 Å². The number of aromatic hydroxyl groups is 1. The van der Waals surface area contributed by atoms with E-state index in [-0.39, 0.29) is 30.1 Å². The van der Waals surface area contributed by atoms with Crippen LogP contribution in [0.3, 0.4) is 0 Å². The molecule has 0 bridgehead atoms. The fourth-order valence-corrected chi connectivity index (χ4v) is 3.37. The lowest BCUT2D eigenvalue weighted by molar-refractivity contribution is -0.134. The third-order valence-electron chi connectivity index (χ3n) is 4.76. The van der Waals surface area contributed by atoms with E-state index in [9.17, 15) is 14.7 Å². The van der Waals surface area contributed by atoms with Crippen LogP contribution in [-0.4, -0.2) is 34.9 Å². The summed E-state index contributed by atoms with van der Waals surface area (Å²) < 4.78 is 16.9. The van der Waals surface area contributed by atoms with Gasteiger partial charge in [-0.15, -0.1) is 0 Å². The second kappa shape index (κ2) is 8.05. The van der Waals surface area contributed by atoms with Gasteiger partial charge in [0.15, 0.2) is 11.5 Å². The quantitative estimate of drug-likeness (QED) is 0.565. The summed E-state index contributed by atoms with van der Waals surface area (Å²) >= 11 is 0. The summed E-state index contributed by atoms with van der Waals surface area (Å²) in [5, 5.41) is 14.7. The maximum Gasteiger partial charge on any atom is 0.407 e. The second-order valence-corrected chi connectivity index (χ2v) is 9.05. The normalized spacial score (nSPS) is 15.1. The summed E-state index contributed by atoms with van der Waals surface area (Å²) in [6.45, 7) is 9.35. The fraction of sp³-hybridized carbons (Fsp3) is 0.478. The highest BCUT2D eigenvalue weighted by atomic mass is 16.6. The molecule has 3 rings (SSSR count). The lowest BCUT2D eigenvalue weighted by atomic mass is 9.91. The predicted octanol–water partition coefficient (Wildman–Crippen LogP) is 4.47. The van der Waals surface area contributed by atoms with Gasteiger partial charge in [0, 0.05) is 22.9 Å². The van der Waals surface area contributed by atoms with Crippen molar-refractivity contribution in [2.45, 2.75) is 65.1 Å². The number of rotatable bonds is 4. The van der Waals surface area contributed by atoms with Crippen molar-refractivity contribution < 1.29 is 28.9 Å². The number of alkyl carbamates (subject to hydrolysis) is 1. The molecule has 2 N–H and O–H groups in total. The Morgan fingerprint density at radius 3 is 2.53 bits per heavy atom. The van der Waals surface area contributed by atoms with Crippen LogP contribution in [0, 0.1) is 0 Å². The molecular weight excluding hydrogens is 386 g/mol. The standard InChI is InChI=1S/C23H29NO6/c1-22(2,3)30-21(27)24-13-11-17(25)28-20-16-10-12-23(4,5)29-19(16)15-9-7-6-8-14(15)18(20)26/h6-9,26H,10-13H2,1-5H3,(H,24,27). The van der Waals surface area contributed by atoms with Crippen molar-refractivity contribution in [2.75, 3.05) is 6.54 Å². The van der Waals surface area contributed by atoms with Gasteiger partial charge in [0.25, 0.3) is 0 Å². The zero-order chi connectivity index (χ0) is 22.1. The molecule has 1 heterocycles. The van der Waals surface area contributed by atoms with Crippen molar-refractivity contribution in [2.24, 2.45) is 0 Å². The van der Waals surface area contributed by atoms with Crippen LogP contribution in [0.15, 0.2) is 24.3 Å². The number of phenols is 1. The average molecular weight is 415 g/mol. The Labute approximate surface area is 176 Å². The molecule has 30 heavy (non-hydrogen) atoms. The van der Waals surface area contributed by atoms with E-state index in [0.717, 1.165) is 11.8 Å². The molecule has 1 aliphatic heterocycles. The topological polar surface area (TPSA) is 94.1 Å². The zero-order valence-corrected chi connectivity index (χ0v) is 18.1. The summed E-state index contributed by atoms with van der Waals surface area (Å²) in [5.74, 6) is 0.112. The number of phenolic OH excluding ortho intramolecular Hbond substituents is 1.